The number of hydrogen-bond acceptors (Lipinski definition) is 7. The van der Waals surface area contributed by atoms with Crippen LogP contribution in [-0.4, -0.2) is 70.6 Å². The molecule has 0 unspecified atom stereocenters. The molecule has 0 radical (unpaired) electrons. The van der Waals surface area contributed by atoms with Crippen LogP contribution < -0.4 is 5.32 Å². The molecule has 0 aromatic carbocycles. The quantitative estimate of drug-likeness (QED) is 0.845. The topological polar surface area (TPSA) is 118 Å². The summed E-state index contributed by atoms with van der Waals surface area (Å²) in [6.45, 7) is 5.28. The van der Waals surface area contributed by atoms with Gasteiger partial charge >= 0.3 is 6.09 Å². The number of pyridine rings is 1. The van der Waals surface area contributed by atoms with Crippen LogP contribution in [0.5, 0.6) is 0 Å². The summed E-state index contributed by atoms with van der Waals surface area (Å²) in [5.74, 6) is 0.150. The number of piperazine rings is 1. The second-order valence-electron chi connectivity index (χ2n) is 6.18. The number of ether oxygens (including phenoxy) is 1. The molecule has 0 aliphatic carbocycles. The summed E-state index contributed by atoms with van der Waals surface area (Å²) in [5.41, 5.74) is 0.442. The van der Waals surface area contributed by atoms with Gasteiger partial charge in [0, 0.05) is 44.0 Å². The van der Waals surface area contributed by atoms with E-state index in [1.54, 1.807) is 29.7 Å². The van der Waals surface area contributed by atoms with E-state index in [2.05, 4.69) is 15.5 Å². The Balaban J connectivity index is 1.62. The minimum absolute atomic E-state index is 0.161. The fourth-order valence-corrected chi connectivity index (χ4v) is 2.77. The zero-order chi connectivity index (χ0) is 20.1. The fourth-order valence-electron chi connectivity index (χ4n) is 2.77. The van der Waals surface area contributed by atoms with Gasteiger partial charge in [-0.15, -0.1) is 0 Å². The second kappa shape index (κ2) is 8.51. The van der Waals surface area contributed by atoms with Crippen molar-refractivity contribution < 1.29 is 23.6 Å². The number of nitrogens with zero attached hydrogens (tertiary/aromatic N) is 4. The number of aryl methyl sites for hydroxylation is 1. The number of amides is 3. The molecule has 28 heavy (non-hydrogen) atoms. The molecule has 3 amide bonds. The molecule has 10 nitrogen and oxygen atoms in total. The van der Waals surface area contributed by atoms with E-state index in [4.69, 9.17) is 9.26 Å². The number of hydrogen-bond donors (Lipinski definition) is 1. The van der Waals surface area contributed by atoms with Crippen LogP contribution in [-0.2, 0) is 4.74 Å². The molecule has 1 fully saturated rings. The number of carbonyl (C=O) groups excluding carboxylic acids is 3. The molecule has 1 aliphatic rings. The lowest BCUT2D eigenvalue weighted by atomic mass is 10.2. The third-order valence-electron chi connectivity index (χ3n) is 4.20. The van der Waals surface area contributed by atoms with Crippen molar-refractivity contribution in [1.82, 2.24) is 19.9 Å². The summed E-state index contributed by atoms with van der Waals surface area (Å²) in [7, 11) is 0. The predicted molar refractivity (Wildman–Crippen MR) is 97.9 cm³/mol. The Bertz CT molecular complexity index is 873. The highest BCUT2D eigenvalue weighted by Gasteiger charge is 2.26. The molecule has 2 aromatic heterocycles. The normalized spacial score (nSPS) is 13.9. The van der Waals surface area contributed by atoms with E-state index in [0.717, 1.165) is 0 Å². The second-order valence-corrected chi connectivity index (χ2v) is 6.18. The highest BCUT2D eigenvalue weighted by atomic mass is 16.6. The highest BCUT2D eigenvalue weighted by molar-refractivity contribution is 6.05. The van der Waals surface area contributed by atoms with Crippen LogP contribution in [0.3, 0.4) is 0 Å². The smallest absolute Gasteiger partial charge is 0.409 e. The maximum Gasteiger partial charge on any atom is 0.409 e. The average molecular weight is 387 g/mol. The third kappa shape index (κ3) is 4.45. The lowest BCUT2D eigenvalue weighted by Gasteiger charge is -2.33. The molecular weight excluding hydrogens is 366 g/mol. The fraction of sp³-hybridized carbons (Fsp3) is 0.389. The van der Waals surface area contributed by atoms with Gasteiger partial charge in [0.15, 0.2) is 5.82 Å². The SMILES string of the molecule is CCOC(=O)N1CCN(C(=O)c2cc(C(=O)Nc3cc(C)on3)ccn2)CC1. The van der Waals surface area contributed by atoms with Crippen LogP contribution in [0.15, 0.2) is 28.9 Å². The Morgan fingerprint density at radius 1 is 1.18 bits per heavy atom. The van der Waals surface area contributed by atoms with Gasteiger partial charge in [0.05, 0.1) is 6.61 Å². The van der Waals surface area contributed by atoms with Crippen molar-refractivity contribution >= 4 is 23.7 Å². The minimum atomic E-state index is -0.420. The van der Waals surface area contributed by atoms with Gasteiger partial charge in [0.1, 0.15) is 11.5 Å². The van der Waals surface area contributed by atoms with Gasteiger partial charge in [0.2, 0.25) is 0 Å². The molecule has 10 heteroatoms. The summed E-state index contributed by atoms with van der Waals surface area (Å²) in [6.07, 6.45) is 1.03. The Labute approximate surface area is 161 Å². The third-order valence-corrected chi connectivity index (χ3v) is 4.20. The van der Waals surface area contributed by atoms with Crippen LogP contribution in [0, 0.1) is 6.92 Å². The number of carbonyl (C=O) groups is 3. The number of aromatic nitrogens is 2. The highest BCUT2D eigenvalue weighted by Crippen LogP contribution is 2.12. The number of nitrogens with one attached hydrogen (secondary N) is 1. The summed E-state index contributed by atoms with van der Waals surface area (Å²) in [6, 6.07) is 4.54. The van der Waals surface area contributed by atoms with Crippen LogP contribution in [0.1, 0.15) is 33.5 Å². The molecule has 0 saturated carbocycles. The molecular formula is C18H21N5O5. The molecule has 0 atom stereocenters. The first-order valence-corrected chi connectivity index (χ1v) is 8.89. The maximum atomic E-state index is 12.7. The molecule has 3 heterocycles. The molecule has 148 valence electrons. The average Bonchev–Trinajstić information content (AvgIpc) is 3.12. The predicted octanol–water partition coefficient (Wildman–Crippen LogP) is 1.54. The standard InChI is InChI=1S/C18H21N5O5/c1-3-27-18(26)23-8-6-22(7-9-23)17(25)14-11-13(4-5-19-14)16(24)20-15-10-12(2)28-21-15/h4-5,10-11H,3,6-9H2,1-2H3,(H,20,21,24). The zero-order valence-corrected chi connectivity index (χ0v) is 15.7. The summed E-state index contributed by atoms with van der Waals surface area (Å²) >= 11 is 0. The molecule has 2 aromatic rings. The van der Waals surface area contributed by atoms with Crippen LogP contribution in [0.2, 0.25) is 0 Å². The van der Waals surface area contributed by atoms with Crippen molar-refractivity contribution in [3.8, 4) is 0 Å². The first-order chi connectivity index (χ1) is 13.5. The number of rotatable bonds is 4. The number of anilines is 1. The summed E-state index contributed by atoms with van der Waals surface area (Å²) < 4.78 is 9.88. The van der Waals surface area contributed by atoms with Gasteiger partial charge in [-0.2, -0.15) is 0 Å². The molecule has 1 saturated heterocycles. The Morgan fingerprint density at radius 2 is 1.89 bits per heavy atom. The molecule has 1 aliphatic heterocycles. The largest absolute Gasteiger partial charge is 0.450 e. The zero-order valence-electron chi connectivity index (χ0n) is 15.7. The van der Waals surface area contributed by atoms with Gasteiger partial charge in [-0.25, -0.2) is 4.79 Å². The van der Waals surface area contributed by atoms with Crippen LogP contribution in [0.25, 0.3) is 0 Å². The van der Waals surface area contributed by atoms with E-state index in [-0.39, 0.29) is 23.3 Å². The lowest BCUT2D eigenvalue weighted by Crippen LogP contribution is -2.50. The lowest BCUT2D eigenvalue weighted by molar-refractivity contribution is 0.0566. The van der Waals surface area contributed by atoms with Gasteiger partial charge in [0.25, 0.3) is 11.8 Å². The first kappa shape index (κ1) is 19.3. The monoisotopic (exact) mass is 387 g/mol. The van der Waals surface area contributed by atoms with Gasteiger partial charge in [-0.1, -0.05) is 5.16 Å². The maximum absolute atomic E-state index is 12.7. The van der Waals surface area contributed by atoms with Crippen molar-refractivity contribution in [1.29, 1.82) is 0 Å². The van der Waals surface area contributed by atoms with Crippen molar-refractivity contribution in [2.24, 2.45) is 0 Å². The molecule has 0 bridgehead atoms. The van der Waals surface area contributed by atoms with E-state index < -0.39 is 5.91 Å². The van der Waals surface area contributed by atoms with Gasteiger partial charge in [-0.05, 0) is 26.0 Å². The summed E-state index contributed by atoms with van der Waals surface area (Å²) in [5, 5.41) is 6.31. The Hall–Kier alpha value is -3.43. The van der Waals surface area contributed by atoms with E-state index in [1.165, 1.54) is 18.3 Å². The Kier molecular flexibility index (Phi) is 5.87. The van der Waals surface area contributed by atoms with Crippen LogP contribution in [0.4, 0.5) is 10.6 Å². The minimum Gasteiger partial charge on any atom is -0.450 e. The Morgan fingerprint density at radius 3 is 2.54 bits per heavy atom. The van der Waals surface area contributed by atoms with Crippen molar-refractivity contribution in [2.45, 2.75) is 13.8 Å². The first-order valence-electron chi connectivity index (χ1n) is 8.89. The molecule has 0 spiro atoms. The van der Waals surface area contributed by atoms with Gasteiger partial charge < -0.3 is 24.4 Å². The van der Waals surface area contributed by atoms with Crippen LogP contribution >= 0.6 is 0 Å². The van der Waals surface area contributed by atoms with E-state index in [9.17, 15) is 14.4 Å². The van der Waals surface area contributed by atoms with E-state index in [0.29, 0.717) is 44.4 Å². The van der Waals surface area contributed by atoms with E-state index in [1.807, 2.05) is 0 Å². The van der Waals surface area contributed by atoms with Gasteiger partial charge in [-0.3, -0.25) is 14.6 Å². The van der Waals surface area contributed by atoms with Crippen molar-refractivity contribution in [2.75, 3.05) is 38.1 Å². The molecule has 3 rings (SSSR count). The molecule has 1 N–H and O–H groups in total. The summed E-state index contributed by atoms with van der Waals surface area (Å²) in [4.78, 5) is 44.0. The van der Waals surface area contributed by atoms with Crippen molar-refractivity contribution in [3.63, 3.8) is 0 Å². The van der Waals surface area contributed by atoms with E-state index >= 15 is 0 Å². The van der Waals surface area contributed by atoms with Crippen molar-refractivity contribution in [3.05, 3.63) is 41.4 Å².